The zero-order valence-electron chi connectivity index (χ0n) is 9.95. The van der Waals surface area contributed by atoms with Crippen molar-refractivity contribution in [2.75, 3.05) is 13.2 Å². The van der Waals surface area contributed by atoms with Crippen molar-refractivity contribution in [3.63, 3.8) is 0 Å². The fourth-order valence-corrected chi connectivity index (χ4v) is 4.20. The minimum Gasteiger partial charge on any atom is -0.395 e. The lowest BCUT2D eigenvalue weighted by Gasteiger charge is -2.24. The maximum absolute atomic E-state index is 12.4. The second kappa shape index (κ2) is 5.13. The lowest BCUT2D eigenvalue weighted by molar-refractivity contribution is 0.191. The fraction of sp³-hybridized carbons (Fsp3) is 0.545. The Morgan fingerprint density at radius 3 is 2.94 bits per heavy atom. The zero-order chi connectivity index (χ0) is 13.3. The van der Waals surface area contributed by atoms with Crippen molar-refractivity contribution < 1.29 is 13.5 Å². The first kappa shape index (κ1) is 13.7. The van der Waals surface area contributed by atoms with Gasteiger partial charge in [0.25, 0.3) is 0 Å². The lowest BCUT2D eigenvalue weighted by Crippen LogP contribution is -2.39. The van der Waals surface area contributed by atoms with E-state index in [1.165, 1.54) is 22.6 Å². The van der Waals surface area contributed by atoms with Crippen LogP contribution in [-0.4, -0.2) is 42.0 Å². The fourth-order valence-electron chi connectivity index (χ4n) is 2.22. The molecule has 0 saturated carbocycles. The molecule has 0 aliphatic carbocycles. The van der Waals surface area contributed by atoms with Crippen molar-refractivity contribution >= 4 is 21.6 Å². The van der Waals surface area contributed by atoms with E-state index in [4.69, 9.17) is 11.6 Å². The second-order valence-electron chi connectivity index (χ2n) is 4.45. The minimum absolute atomic E-state index is 0.120. The lowest BCUT2D eigenvalue weighted by atomic mass is 10.0. The van der Waals surface area contributed by atoms with Crippen LogP contribution in [0.4, 0.5) is 0 Å². The molecular weight excluding hydrogens is 276 g/mol. The van der Waals surface area contributed by atoms with Gasteiger partial charge in [-0.3, -0.25) is 0 Å². The second-order valence-corrected chi connectivity index (χ2v) is 6.72. The third kappa shape index (κ3) is 2.38. The van der Waals surface area contributed by atoms with Crippen LogP contribution in [0, 0.1) is 5.92 Å². The van der Waals surface area contributed by atoms with Crippen molar-refractivity contribution in [2.24, 2.45) is 5.92 Å². The molecule has 1 aliphatic rings. The van der Waals surface area contributed by atoms with Gasteiger partial charge in [0.15, 0.2) is 0 Å². The van der Waals surface area contributed by atoms with Crippen molar-refractivity contribution in [1.82, 2.24) is 9.29 Å². The highest BCUT2D eigenvalue weighted by molar-refractivity contribution is 7.89. The van der Waals surface area contributed by atoms with Crippen LogP contribution in [0.15, 0.2) is 23.2 Å². The number of pyridine rings is 1. The molecule has 2 rings (SSSR count). The predicted octanol–water partition coefficient (Wildman–Crippen LogP) is 1.13. The Labute approximate surface area is 111 Å². The van der Waals surface area contributed by atoms with Gasteiger partial charge < -0.3 is 5.11 Å². The molecule has 0 amide bonds. The van der Waals surface area contributed by atoms with Gasteiger partial charge in [0, 0.05) is 12.7 Å². The predicted molar refractivity (Wildman–Crippen MR) is 67.8 cm³/mol. The Morgan fingerprint density at radius 1 is 1.61 bits per heavy atom. The topological polar surface area (TPSA) is 70.5 Å². The molecule has 1 fully saturated rings. The van der Waals surface area contributed by atoms with Gasteiger partial charge in [0.05, 0.1) is 17.5 Å². The van der Waals surface area contributed by atoms with Crippen molar-refractivity contribution in [3.05, 3.63) is 23.5 Å². The number of aliphatic hydroxyl groups excluding tert-OH is 1. The Hall–Kier alpha value is -0.690. The molecule has 1 aromatic heterocycles. The first-order valence-corrected chi connectivity index (χ1v) is 7.53. The van der Waals surface area contributed by atoms with Crippen LogP contribution in [0.25, 0.3) is 0 Å². The summed E-state index contributed by atoms with van der Waals surface area (Å²) in [4.78, 5) is 3.89. The largest absolute Gasteiger partial charge is 0.395 e. The van der Waals surface area contributed by atoms with Crippen LogP contribution in [-0.2, 0) is 10.0 Å². The number of sulfonamides is 1. The van der Waals surface area contributed by atoms with Crippen LogP contribution >= 0.6 is 11.6 Å². The van der Waals surface area contributed by atoms with Gasteiger partial charge in [0.1, 0.15) is 5.15 Å². The highest BCUT2D eigenvalue weighted by Gasteiger charge is 2.39. The summed E-state index contributed by atoms with van der Waals surface area (Å²) in [5.41, 5.74) is 0. The molecule has 2 heterocycles. The van der Waals surface area contributed by atoms with Gasteiger partial charge in [-0.15, -0.1) is 0 Å². The van der Waals surface area contributed by atoms with Gasteiger partial charge in [-0.05, 0) is 24.5 Å². The Balaban J connectivity index is 2.37. The first-order valence-electron chi connectivity index (χ1n) is 5.71. The molecule has 2 unspecified atom stereocenters. The minimum atomic E-state index is -3.61. The summed E-state index contributed by atoms with van der Waals surface area (Å²) >= 11 is 5.71. The smallest absolute Gasteiger partial charge is 0.243 e. The third-order valence-corrected chi connectivity index (χ3v) is 5.45. The Morgan fingerprint density at radius 2 is 2.33 bits per heavy atom. The van der Waals surface area contributed by atoms with Crippen molar-refractivity contribution in [1.29, 1.82) is 0 Å². The number of aromatic nitrogens is 1. The third-order valence-electron chi connectivity index (χ3n) is 3.32. The van der Waals surface area contributed by atoms with E-state index in [1.807, 2.05) is 6.92 Å². The van der Waals surface area contributed by atoms with Crippen LogP contribution in [0.5, 0.6) is 0 Å². The maximum Gasteiger partial charge on any atom is 0.243 e. The number of hydrogen-bond donors (Lipinski definition) is 1. The van der Waals surface area contributed by atoms with Crippen molar-refractivity contribution in [3.8, 4) is 0 Å². The Bertz CT molecular complexity index is 535. The van der Waals surface area contributed by atoms with E-state index in [9.17, 15) is 13.5 Å². The highest BCUT2D eigenvalue weighted by Crippen LogP contribution is 2.30. The molecule has 1 aliphatic heterocycles. The number of aliphatic hydroxyl groups is 1. The molecule has 1 aromatic rings. The summed E-state index contributed by atoms with van der Waals surface area (Å²) in [7, 11) is -3.61. The molecule has 0 spiro atoms. The van der Waals surface area contributed by atoms with Crippen molar-refractivity contribution in [2.45, 2.75) is 24.3 Å². The maximum atomic E-state index is 12.4. The molecular formula is C11H15ClN2O3S. The van der Waals surface area contributed by atoms with Crippen LogP contribution in [0.1, 0.15) is 13.3 Å². The van der Waals surface area contributed by atoms with E-state index in [0.717, 1.165) is 6.42 Å². The van der Waals surface area contributed by atoms with Crippen LogP contribution in [0.3, 0.4) is 0 Å². The average Bonchev–Trinajstić information content (AvgIpc) is 2.71. The van der Waals surface area contributed by atoms with E-state index in [1.54, 1.807) is 0 Å². The zero-order valence-corrected chi connectivity index (χ0v) is 11.5. The van der Waals surface area contributed by atoms with E-state index < -0.39 is 10.0 Å². The monoisotopic (exact) mass is 290 g/mol. The van der Waals surface area contributed by atoms with Gasteiger partial charge >= 0.3 is 0 Å². The number of halogens is 1. The van der Waals surface area contributed by atoms with Crippen LogP contribution in [0.2, 0.25) is 5.15 Å². The first-order chi connectivity index (χ1) is 8.46. The molecule has 100 valence electrons. The highest BCUT2D eigenvalue weighted by atomic mass is 35.5. The molecule has 18 heavy (non-hydrogen) atoms. The number of hydrogen-bond acceptors (Lipinski definition) is 4. The summed E-state index contributed by atoms with van der Waals surface area (Å²) in [6.45, 7) is 2.20. The molecule has 0 radical (unpaired) electrons. The van der Waals surface area contributed by atoms with E-state index in [2.05, 4.69) is 4.98 Å². The molecule has 1 saturated heterocycles. The quantitative estimate of drug-likeness (QED) is 0.847. The van der Waals surface area contributed by atoms with E-state index >= 15 is 0 Å². The summed E-state index contributed by atoms with van der Waals surface area (Å²) in [6, 6.07) is 2.38. The number of nitrogens with zero attached hydrogens (tertiary/aromatic N) is 2. The van der Waals surface area contributed by atoms with Crippen LogP contribution < -0.4 is 0 Å². The van der Waals surface area contributed by atoms with Gasteiger partial charge in [0.2, 0.25) is 10.0 Å². The molecule has 7 heteroatoms. The SMILES string of the molecule is CC1CCN(S(=O)(=O)c2ccnc(Cl)c2)C1CO. The van der Waals surface area contributed by atoms with E-state index in [0.29, 0.717) is 6.54 Å². The molecule has 0 bridgehead atoms. The summed E-state index contributed by atoms with van der Waals surface area (Å²) in [5.74, 6) is 0.155. The Kier molecular flexibility index (Phi) is 3.91. The molecule has 0 aromatic carbocycles. The summed E-state index contributed by atoms with van der Waals surface area (Å²) in [5, 5.41) is 9.47. The van der Waals surface area contributed by atoms with E-state index in [-0.39, 0.29) is 28.6 Å². The molecule has 2 atom stereocenters. The van der Waals surface area contributed by atoms with Gasteiger partial charge in [-0.25, -0.2) is 13.4 Å². The standard InChI is InChI=1S/C11H15ClN2O3S/c1-8-3-5-14(10(8)7-15)18(16,17)9-2-4-13-11(12)6-9/h2,4,6,8,10,15H,3,5,7H2,1H3. The normalized spacial score (nSPS) is 25.5. The van der Waals surface area contributed by atoms with Gasteiger partial charge in [-0.2, -0.15) is 4.31 Å². The molecule has 5 nitrogen and oxygen atoms in total. The summed E-state index contributed by atoms with van der Waals surface area (Å²) in [6.07, 6.45) is 2.12. The summed E-state index contributed by atoms with van der Waals surface area (Å²) < 4.78 is 26.2. The number of rotatable bonds is 3. The molecule has 1 N–H and O–H groups in total. The van der Waals surface area contributed by atoms with Gasteiger partial charge in [-0.1, -0.05) is 18.5 Å². The average molecular weight is 291 g/mol.